The van der Waals surface area contributed by atoms with Gasteiger partial charge >= 0.3 is 0 Å². The first-order valence-electron chi connectivity index (χ1n) is 9.57. The summed E-state index contributed by atoms with van der Waals surface area (Å²) < 4.78 is 39.9. The van der Waals surface area contributed by atoms with Crippen molar-refractivity contribution in [2.24, 2.45) is 23.7 Å². The van der Waals surface area contributed by atoms with Gasteiger partial charge in [-0.1, -0.05) is 0 Å². The van der Waals surface area contributed by atoms with Crippen LogP contribution < -0.4 is 9.46 Å². The van der Waals surface area contributed by atoms with E-state index in [1.54, 1.807) is 32.4 Å². The summed E-state index contributed by atoms with van der Waals surface area (Å²) in [5, 5.41) is 0. The van der Waals surface area contributed by atoms with Gasteiger partial charge in [0.05, 0.1) is 17.6 Å². The van der Waals surface area contributed by atoms with Crippen LogP contribution >= 0.6 is 0 Å². The molecule has 0 atom stereocenters. The van der Waals surface area contributed by atoms with Crippen LogP contribution in [-0.2, 0) is 14.8 Å². The molecule has 4 aliphatic rings. The minimum Gasteiger partial charge on any atom is -0.496 e. The van der Waals surface area contributed by atoms with Crippen LogP contribution in [-0.4, -0.2) is 34.8 Å². The average Bonchev–Trinajstić information content (AvgIpc) is 2.61. The van der Waals surface area contributed by atoms with E-state index in [1.807, 2.05) is 6.92 Å². The molecule has 0 heterocycles. The van der Waals surface area contributed by atoms with Crippen molar-refractivity contribution < 1.29 is 17.9 Å². The van der Waals surface area contributed by atoms with Crippen molar-refractivity contribution in [2.75, 3.05) is 20.8 Å². The van der Waals surface area contributed by atoms with Crippen LogP contribution in [0.5, 0.6) is 5.75 Å². The summed E-state index contributed by atoms with van der Waals surface area (Å²) in [6, 6.07) is 4.97. The third-order valence-corrected chi connectivity index (χ3v) is 8.51. The zero-order chi connectivity index (χ0) is 18.5. The van der Waals surface area contributed by atoms with Crippen molar-refractivity contribution in [3.8, 4) is 5.75 Å². The number of ether oxygens (including phenoxy) is 2. The fourth-order valence-corrected chi connectivity index (χ4v) is 7.15. The second-order valence-electron chi connectivity index (χ2n) is 8.42. The Labute approximate surface area is 156 Å². The Morgan fingerprint density at radius 3 is 2.19 bits per heavy atom. The van der Waals surface area contributed by atoms with Crippen LogP contribution in [0.1, 0.15) is 37.7 Å². The van der Waals surface area contributed by atoms with Crippen LogP contribution in [0.4, 0.5) is 0 Å². The largest absolute Gasteiger partial charge is 0.496 e. The minimum absolute atomic E-state index is 0.283. The number of methoxy groups -OCH3 is 2. The number of aryl methyl sites for hydroxylation is 1. The van der Waals surface area contributed by atoms with Gasteiger partial charge in [-0.3, -0.25) is 0 Å². The lowest BCUT2D eigenvalue weighted by molar-refractivity contribution is -0.185. The molecule has 5 rings (SSSR count). The molecule has 5 nitrogen and oxygen atoms in total. The quantitative estimate of drug-likeness (QED) is 0.825. The van der Waals surface area contributed by atoms with Gasteiger partial charge < -0.3 is 9.47 Å². The minimum atomic E-state index is -3.57. The maximum absolute atomic E-state index is 12.9. The van der Waals surface area contributed by atoms with Gasteiger partial charge in [0.25, 0.3) is 0 Å². The highest BCUT2D eigenvalue weighted by molar-refractivity contribution is 7.89. The van der Waals surface area contributed by atoms with E-state index in [0.29, 0.717) is 24.1 Å². The number of rotatable bonds is 6. The Balaban J connectivity index is 1.54. The molecule has 26 heavy (non-hydrogen) atoms. The highest BCUT2D eigenvalue weighted by Crippen LogP contribution is 2.59. The molecular weight excluding hydrogens is 350 g/mol. The molecule has 0 spiro atoms. The van der Waals surface area contributed by atoms with Gasteiger partial charge in [-0.25, -0.2) is 13.1 Å². The first-order chi connectivity index (χ1) is 12.4. The van der Waals surface area contributed by atoms with Crippen LogP contribution in [0.15, 0.2) is 23.1 Å². The molecule has 4 fully saturated rings. The molecule has 1 aromatic rings. The molecule has 0 aromatic heterocycles. The van der Waals surface area contributed by atoms with Crippen molar-refractivity contribution >= 4 is 10.0 Å². The Bertz CT molecular complexity index is 761. The van der Waals surface area contributed by atoms with E-state index in [4.69, 9.17) is 9.47 Å². The molecule has 0 amide bonds. The van der Waals surface area contributed by atoms with Gasteiger partial charge in [0.15, 0.2) is 0 Å². The van der Waals surface area contributed by atoms with Crippen LogP contribution in [0.2, 0.25) is 0 Å². The van der Waals surface area contributed by atoms with E-state index in [-0.39, 0.29) is 10.5 Å². The summed E-state index contributed by atoms with van der Waals surface area (Å²) in [5.74, 6) is 3.29. The lowest BCUT2D eigenvalue weighted by Crippen LogP contribution is -2.63. The molecule has 0 aliphatic heterocycles. The zero-order valence-electron chi connectivity index (χ0n) is 15.8. The molecule has 0 radical (unpaired) electrons. The molecule has 6 heteroatoms. The summed E-state index contributed by atoms with van der Waals surface area (Å²) in [5.41, 5.74) is 0.466. The molecule has 4 aliphatic carbocycles. The number of nitrogens with one attached hydrogen (secondary N) is 1. The average molecular weight is 380 g/mol. The maximum Gasteiger partial charge on any atom is 0.240 e. The predicted molar refractivity (Wildman–Crippen MR) is 99.7 cm³/mol. The zero-order valence-corrected chi connectivity index (χ0v) is 16.6. The smallest absolute Gasteiger partial charge is 0.240 e. The molecule has 4 saturated carbocycles. The normalized spacial score (nSPS) is 35.7. The van der Waals surface area contributed by atoms with Crippen LogP contribution in [0.25, 0.3) is 0 Å². The molecule has 0 unspecified atom stereocenters. The summed E-state index contributed by atoms with van der Waals surface area (Å²) in [6.45, 7) is 2.22. The van der Waals surface area contributed by atoms with E-state index in [0.717, 1.165) is 17.4 Å². The number of sulfonamides is 1. The SMILES string of the molecule is COc1ccc(S(=O)(=O)NCC2(OC)C3CC4CC(C3)CC2C4)cc1C. The van der Waals surface area contributed by atoms with Gasteiger partial charge in [-0.2, -0.15) is 0 Å². The molecular formula is C20H29NO4S. The van der Waals surface area contributed by atoms with Crippen molar-refractivity contribution in [2.45, 2.75) is 49.5 Å². The standard InChI is InChI=1S/C20H29NO4S/c1-13-6-18(4-5-19(13)24-2)26(22,23)21-12-20(25-3)16-8-14-7-15(10-16)11-17(20)9-14/h4-6,14-17,21H,7-12H2,1-3H3. The van der Waals surface area contributed by atoms with Crippen molar-refractivity contribution in [3.63, 3.8) is 0 Å². The van der Waals surface area contributed by atoms with E-state index in [9.17, 15) is 8.42 Å². The predicted octanol–water partition coefficient (Wildman–Crippen LogP) is 3.12. The number of benzene rings is 1. The lowest BCUT2D eigenvalue weighted by atomic mass is 9.50. The first-order valence-corrected chi connectivity index (χ1v) is 11.1. The Morgan fingerprint density at radius 1 is 1.08 bits per heavy atom. The van der Waals surface area contributed by atoms with Crippen LogP contribution in [0, 0.1) is 30.6 Å². The van der Waals surface area contributed by atoms with Crippen LogP contribution in [0.3, 0.4) is 0 Å². The molecule has 1 N–H and O–H groups in total. The molecule has 0 saturated heterocycles. The fourth-order valence-electron chi connectivity index (χ4n) is 5.99. The topological polar surface area (TPSA) is 64.6 Å². The van der Waals surface area contributed by atoms with Crippen molar-refractivity contribution in [3.05, 3.63) is 23.8 Å². The monoisotopic (exact) mass is 379 g/mol. The van der Waals surface area contributed by atoms with E-state index >= 15 is 0 Å². The van der Waals surface area contributed by atoms with Crippen molar-refractivity contribution in [1.82, 2.24) is 4.72 Å². The Morgan fingerprint density at radius 2 is 1.69 bits per heavy atom. The van der Waals surface area contributed by atoms with E-state index in [1.165, 1.54) is 32.1 Å². The van der Waals surface area contributed by atoms with Gasteiger partial charge in [0.2, 0.25) is 10.0 Å². The molecule has 1 aromatic carbocycles. The third kappa shape index (κ3) is 2.86. The molecule has 144 valence electrons. The second-order valence-corrected chi connectivity index (χ2v) is 10.2. The Kier molecular flexibility index (Phi) is 4.56. The van der Waals surface area contributed by atoms with Crippen molar-refractivity contribution in [1.29, 1.82) is 0 Å². The number of hydrogen-bond acceptors (Lipinski definition) is 4. The summed E-state index contributed by atoms with van der Waals surface area (Å²) in [4.78, 5) is 0.283. The second kappa shape index (κ2) is 6.50. The Hall–Kier alpha value is -1.11. The highest BCUT2D eigenvalue weighted by Gasteiger charge is 2.57. The third-order valence-electron chi connectivity index (χ3n) is 7.12. The van der Waals surface area contributed by atoms with Gasteiger partial charge in [-0.05, 0) is 86.5 Å². The van der Waals surface area contributed by atoms with E-state index < -0.39 is 10.0 Å². The summed E-state index contributed by atoms with van der Waals surface area (Å²) >= 11 is 0. The number of hydrogen-bond donors (Lipinski definition) is 1. The maximum atomic E-state index is 12.9. The van der Waals surface area contributed by atoms with Gasteiger partial charge in [0.1, 0.15) is 5.75 Å². The first kappa shape index (κ1) is 18.3. The lowest BCUT2D eigenvalue weighted by Gasteiger charge is -2.60. The summed E-state index contributed by atoms with van der Waals surface area (Å²) in [7, 11) is -0.229. The van der Waals surface area contributed by atoms with Gasteiger partial charge in [0, 0.05) is 13.7 Å². The summed E-state index contributed by atoms with van der Waals surface area (Å²) in [6.07, 6.45) is 6.10. The molecule has 4 bridgehead atoms. The van der Waals surface area contributed by atoms with Gasteiger partial charge in [-0.15, -0.1) is 0 Å². The van der Waals surface area contributed by atoms with E-state index in [2.05, 4.69) is 4.72 Å². The fraction of sp³-hybridized carbons (Fsp3) is 0.700. The highest BCUT2D eigenvalue weighted by atomic mass is 32.2.